The van der Waals surface area contributed by atoms with Crippen molar-refractivity contribution in [2.24, 2.45) is 0 Å². The van der Waals surface area contributed by atoms with E-state index in [4.69, 9.17) is 0 Å². The molecule has 3 N–H and O–H groups in total. The van der Waals surface area contributed by atoms with Gasteiger partial charge in [-0.15, -0.1) is 0 Å². The molecule has 0 spiro atoms. The first-order valence-corrected chi connectivity index (χ1v) is 10.5. The fraction of sp³-hybridized carbons (Fsp3) is 0.304. The average molecular weight is 438 g/mol. The molecular formula is C23H27N5O4. The largest absolute Gasteiger partial charge is 0.367 e. The minimum atomic E-state index is -0.506. The Bertz CT molecular complexity index is 1020. The maximum atomic E-state index is 12.2. The van der Waals surface area contributed by atoms with Gasteiger partial charge in [0.1, 0.15) is 0 Å². The molecule has 2 aromatic rings. The van der Waals surface area contributed by atoms with E-state index < -0.39 is 11.0 Å². The molecule has 9 nitrogen and oxygen atoms in total. The van der Waals surface area contributed by atoms with Gasteiger partial charge in [0, 0.05) is 43.0 Å². The third-order valence-corrected chi connectivity index (χ3v) is 5.26. The summed E-state index contributed by atoms with van der Waals surface area (Å²) in [6.07, 6.45) is 2.86. The fourth-order valence-electron chi connectivity index (χ4n) is 3.54. The molecule has 0 saturated heterocycles. The highest BCUT2D eigenvalue weighted by Crippen LogP contribution is 2.24. The van der Waals surface area contributed by atoms with E-state index in [1.807, 2.05) is 44.2 Å². The van der Waals surface area contributed by atoms with Crippen LogP contribution >= 0.6 is 0 Å². The van der Waals surface area contributed by atoms with E-state index in [-0.39, 0.29) is 23.9 Å². The molecule has 0 fully saturated rings. The number of nitro groups is 1. The predicted molar refractivity (Wildman–Crippen MR) is 123 cm³/mol. The zero-order valence-electron chi connectivity index (χ0n) is 18.1. The zero-order chi connectivity index (χ0) is 23.1. The Kier molecular flexibility index (Phi) is 7.43. The quantitative estimate of drug-likeness (QED) is 0.357. The Morgan fingerprint density at radius 2 is 1.81 bits per heavy atom. The number of hydrogen-bond acceptors (Lipinski definition) is 5. The van der Waals surface area contributed by atoms with E-state index in [1.165, 1.54) is 12.1 Å². The monoisotopic (exact) mass is 437 g/mol. The van der Waals surface area contributed by atoms with Gasteiger partial charge in [-0.2, -0.15) is 0 Å². The molecule has 2 aromatic carbocycles. The summed E-state index contributed by atoms with van der Waals surface area (Å²) in [4.78, 5) is 36.8. The molecule has 0 aromatic heterocycles. The van der Waals surface area contributed by atoms with Crippen LogP contribution in [0, 0.1) is 10.1 Å². The minimum absolute atomic E-state index is 0.0582. The van der Waals surface area contributed by atoms with Crippen molar-refractivity contribution in [3.05, 3.63) is 75.9 Å². The highest BCUT2D eigenvalue weighted by Gasteiger charge is 2.16. The van der Waals surface area contributed by atoms with E-state index in [0.717, 1.165) is 16.8 Å². The molecule has 1 aliphatic rings. The van der Waals surface area contributed by atoms with Crippen LogP contribution in [0.3, 0.4) is 0 Å². The van der Waals surface area contributed by atoms with E-state index >= 15 is 0 Å². The summed E-state index contributed by atoms with van der Waals surface area (Å²) in [6.45, 7) is 5.40. The number of anilines is 2. The van der Waals surface area contributed by atoms with Gasteiger partial charge in [0.15, 0.2) is 0 Å². The fourth-order valence-corrected chi connectivity index (χ4v) is 3.54. The lowest BCUT2D eigenvalue weighted by atomic mass is 10.0. The average Bonchev–Trinajstić information content (AvgIpc) is 2.78. The number of carbonyl (C=O) groups is 2. The second-order valence-corrected chi connectivity index (χ2v) is 7.88. The molecule has 1 heterocycles. The highest BCUT2D eigenvalue weighted by molar-refractivity contribution is 5.92. The third-order valence-electron chi connectivity index (χ3n) is 5.26. The summed E-state index contributed by atoms with van der Waals surface area (Å²) in [5.74, 6) is -0.0442. The summed E-state index contributed by atoms with van der Waals surface area (Å²) in [7, 11) is 0. The van der Waals surface area contributed by atoms with Crippen LogP contribution in [0.1, 0.15) is 38.2 Å². The van der Waals surface area contributed by atoms with Gasteiger partial charge in [0.05, 0.1) is 4.92 Å². The van der Waals surface area contributed by atoms with Gasteiger partial charge in [-0.1, -0.05) is 43.7 Å². The number of benzene rings is 2. The smallest absolute Gasteiger partial charge is 0.337 e. The lowest BCUT2D eigenvalue weighted by Gasteiger charge is -2.28. The Morgan fingerprint density at radius 3 is 2.44 bits per heavy atom. The van der Waals surface area contributed by atoms with Crippen LogP contribution in [0.25, 0.3) is 0 Å². The molecule has 0 atom stereocenters. The molecule has 9 heteroatoms. The summed E-state index contributed by atoms with van der Waals surface area (Å²) in [5.41, 5.74) is 8.49. The molecule has 3 amide bonds. The first kappa shape index (κ1) is 22.8. The lowest BCUT2D eigenvalue weighted by molar-refractivity contribution is -0.384. The van der Waals surface area contributed by atoms with Crippen LogP contribution in [-0.2, 0) is 4.79 Å². The summed E-state index contributed by atoms with van der Waals surface area (Å²) in [5, 5.41) is 13.5. The molecule has 0 radical (unpaired) electrons. The molecular weight excluding hydrogens is 410 g/mol. The number of rotatable bonds is 6. The predicted octanol–water partition coefficient (Wildman–Crippen LogP) is 4.10. The van der Waals surface area contributed by atoms with Gasteiger partial charge < -0.3 is 10.2 Å². The minimum Gasteiger partial charge on any atom is -0.367 e. The number of nitro benzene ring substituents is 1. The molecule has 0 aliphatic carbocycles. The number of nitrogens with zero attached hydrogens (tertiary/aromatic N) is 2. The first-order chi connectivity index (χ1) is 15.3. The van der Waals surface area contributed by atoms with Crippen LogP contribution in [0.15, 0.2) is 60.2 Å². The maximum Gasteiger partial charge on any atom is 0.337 e. The van der Waals surface area contributed by atoms with Gasteiger partial charge in [0.2, 0.25) is 5.91 Å². The summed E-state index contributed by atoms with van der Waals surface area (Å²) in [6, 6.07) is 13.4. The molecule has 32 heavy (non-hydrogen) atoms. The Hall–Kier alpha value is -3.88. The number of hydrogen-bond donors (Lipinski definition) is 3. The first-order valence-electron chi connectivity index (χ1n) is 10.5. The van der Waals surface area contributed by atoms with Gasteiger partial charge in [0.25, 0.3) is 5.69 Å². The van der Waals surface area contributed by atoms with Crippen molar-refractivity contribution in [3.8, 4) is 0 Å². The zero-order valence-corrected chi connectivity index (χ0v) is 18.1. The van der Waals surface area contributed by atoms with Crippen molar-refractivity contribution in [3.63, 3.8) is 0 Å². The number of carbonyl (C=O) groups excluding carboxylic acids is 2. The van der Waals surface area contributed by atoms with Crippen LogP contribution in [0.5, 0.6) is 0 Å². The number of urea groups is 1. The normalized spacial score (nSPS) is 13.3. The van der Waals surface area contributed by atoms with Gasteiger partial charge >= 0.3 is 6.03 Å². The second kappa shape index (κ2) is 10.4. The number of para-hydroxylation sites is 1. The molecule has 0 bridgehead atoms. The Morgan fingerprint density at radius 1 is 1.09 bits per heavy atom. The van der Waals surface area contributed by atoms with Crippen molar-refractivity contribution in [1.29, 1.82) is 0 Å². The number of amides is 3. The van der Waals surface area contributed by atoms with Crippen molar-refractivity contribution < 1.29 is 14.5 Å². The van der Waals surface area contributed by atoms with Crippen LogP contribution in [0.2, 0.25) is 0 Å². The maximum absolute atomic E-state index is 12.2. The number of hydrazine groups is 1. The van der Waals surface area contributed by atoms with Crippen molar-refractivity contribution >= 4 is 29.0 Å². The van der Waals surface area contributed by atoms with Crippen molar-refractivity contribution in [2.75, 3.05) is 23.3 Å². The third kappa shape index (κ3) is 6.07. The Labute approximate surface area is 186 Å². The van der Waals surface area contributed by atoms with Gasteiger partial charge in [-0.25, -0.2) is 10.2 Å². The van der Waals surface area contributed by atoms with Crippen LogP contribution in [0.4, 0.5) is 21.9 Å². The van der Waals surface area contributed by atoms with Crippen molar-refractivity contribution in [2.45, 2.75) is 32.6 Å². The highest BCUT2D eigenvalue weighted by atomic mass is 16.6. The van der Waals surface area contributed by atoms with Crippen molar-refractivity contribution in [1.82, 2.24) is 10.9 Å². The molecule has 1 aliphatic heterocycles. The van der Waals surface area contributed by atoms with E-state index in [1.54, 1.807) is 12.1 Å². The van der Waals surface area contributed by atoms with E-state index in [2.05, 4.69) is 21.1 Å². The topological polar surface area (TPSA) is 117 Å². The van der Waals surface area contributed by atoms with Gasteiger partial charge in [-0.3, -0.25) is 20.3 Å². The number of non-ortho nitro benzene ring substituents is 1. The molecule has 0 saturated carbocycles. The summed E-state index contributed by atoms with van der Waals surface area (Å²) >= 11 is 0. The Balaban J connectivity index is 1.45. The molecule has 168 valence electrons. The van der Waals surface area contributed by atoms with E-state index in [0.29, 0.717) is 25.2 Å². The van der Waals surface area contributed by atoms with Crippen LogP contribution in [-0.4, -0.2) is 30.0 Å². The molecule has 3 rings (SSSR count). The second-order valence-electron chi connectivity index (χ2n) is 7.88. The number of nitrogens with one attached hydrogen (secondary N) is 3. The SMILES string of the molecule is CC(C)c1ccccc1NC(=O)NNC(=O)CC1=CCN(c2ccc([N+](=O)[O-])cc2)CC1. The standard InChI is InChI=1S/C23H27N5O4/c1-16(2)20-5-3-4-6-21(20)24-23(30)26-25-22(29)15-17-11-13-27(14-12-17)18-7-9-19(10-8-18)28(31)32/h3-11,16H,12-15H2,1-2H3,(H,25,29)(H2,24,26,30). The van der Waals surface area contributed by atoms with Crippen LogP contribution < -0.4 is 21.1 Å². The van der Waals surface area contributed by atoms with E-state index in [9.17, 15) is 19.7 Å². The molecule has 0 unspecified atom stereocenters. The lowest BCUT2D eigenvalue weighted by Crippen LogP contribution is -2.44. The summed E-state index contributed by atoms with van der Waals surface area (Å²) < 4.78 is 0. The van der Waals surface area contributed by atoms with Gasteiger partial charge in [-0.05, 0) is 36.1 Å².